The molecule has 0 bridgehead atoms. The molecular formula is C26H33ClN2O3. The molecule has 2 aliphatic heterocycles. The van der Waals surface area contributed by atoms with Gasteiger partial charge >= 0.3 is 0 Å². The number of ether oxygens (including phenoxy) is 2. The van der Waals surface area contributed by atoms with Gasteiger partial charge in [-0.05, 0) is 80.1 Å². The van der Waals surface area contributed by atoms with Crippen molar-refractivity contribution in [3.05, 3.63) is 63.7 Å². The number of fused-ring (bicyclic) bond motifs is 1. The number of amides is 1. The number of hydrogen-bond donors (Lipinski definition) is 0. The molecule has 2 aromatic rings. The molecule has 2 aliphatic rings. The average molecular weight is 457 g/mol. The van der Waals surface area contributed by atoms with Crippen molar-refractivity contribution in [2.24, 2.45) is 0 Å². The van der Waals surface area contributed by atoms with Gasteiger partial charge in [0, 0.05) is 49.4 Å². The number of piperidine rings is 1. The van der Waals surface area contributed by atoms with E-state index in [0.717, 1.165) is 38.2 Å². The van der Waals surface area contributed by atoms with Crippen LogP contribution >= 0.6 is 11.6 Å². The van der Waals surface area contributed by atoms with Crippen molar-refractivity contribution >= 4 is 17.5 Å². The molecule has 2 saturated heterocycles. The fraction of sp³-hybridized carbons (Fsp3) is 0.500. The Morgan fingerprint density at radius 1 is 1.03 bits per heavy atom. The highest BCUT2D eigenvalue weighted by atomic mass is 35.5. The average Bonchev–Trinajstić information content (AvgIpc) is 2.81. The summed E-state index contributed by atoms with van der Waals surface area (Å²) in [6, 6.07) is 12.4. The summed E-state index contributed by atoms with van der Waals surface area (Å²) in [6.45, 7) is 7.94. The third-order valence-electron chi connectivity index (χ3n) is 7.01. The van der Waals surface area contributed by atoms with E-state index in [1.165, 1.54) is 23.1 Å². The molecule has 0 saturated carbocycles. The molecule has 5 nitrogen and oxygen atoms in total. The predicted molar refractivity (Wildman–Crippen MR) is 128 cm³/mol. The Labute approximate surface area is 196 Å². The molecule has 32 heavy (non-hydrogen) atoms. The number of benzene rings is 2. The standard InChI is InChI=1S/C26H33ClN2O3/c1-18-19(2)25(32-16-15-31-3)12-11-23(18)24-6-4-5-22-17-28(13-14-29(22)24)26(30)20-7-9-21(27)10-8-20/h7-12,22,24H,4-6,13-17H2,1-3H3/t22-,24?/m0/s1. The third-order valence-corrected chi connectivity index (χ3v) is 7.26. The number of methoxy groups -OCH3 is 1. The number of piperazine rings is 1. The SMILES string of the molecule is COCCOc1ccc(C2CCC[C@H]3CN(C(=O)c4ccc(Cl)cc4)CCN23)c(C)c1C. The zero-order valence-corrected chi connectivity index (χ0v) is 20.0. The van der Waals surface area contributed by atoms with Gasteiger partial charge in [0.05, 0.1) is 6.61 Å². The van der Waals surface area contributed by atoms with Gasteiger partial charge in [0.25, 0.3) is 5.91 Å². The Morgan fingerprint density at radius 3 is 2.56 bits per heavy atom. The first-order valence-corrected chi connectivity index (χ1v) is 11.9. The quantitative estimate of drug-likeness (QED) is 0.571. The van der Waals surface area contributed by atoms with Crippen molar-refractivity contribution in [1.29, 1.82) is 0 Å². The zero-order chi connectivity index (χ0) is 22.7. The predicted octanol–water partition coefficient (Wildman–Crippen LogP) is 5.03. The smallest absolute Gasteiger partial charge is 0.253 e. The second-order valence-electron chi connectivity index (χ2n) is 8.84. The molecule has 172 valence electrons. The van der Waals surface area contributed by atoms with E-state index in [2.05, 4.69) is 30.9 Å². The summed E-state index contributed by atoms with van der Waals surface area (Å²) in [6.07, 6.45) is 3.47. The van der Waals surface area contributed by atoms with E-state index in [-0.39, 0.29) is 5.91 Å². The van der Waals surface area contributed by atoms with Crippen molar-refractivity contribution in [1.82, 2.24) is 9.80 Å². The van der Waals surface area contributed by atoms with Gasteiger partial charge in [0.15, 0.2) is 0 Å². The molecule has 4 rings (SSSR count). The maximum Gasteiger partial charge on any atom is 0.253 e. The first-order chi connectivity index (χ1) is 15.5. The van der Waals surface area contributed by atoms with Crippen LogP contribution in [-0.4, -0.2) is 61.7 Å². The Kier molecular flexibility index (Phi) is 7.39. The maximum atomic E-state index is 13.0. The summed E-state index contributed by atoms with van der Waals surface area (Å²) in [5.41, 5.74) is 4.62. The lowest BCUT2D eigenvalue weighted by atomic mass is 9.86. The number of nitrogens with zero attached hydrogens (tertiary/aromatic N) is 2. The minimum Gasteiger partial charge on any atom is -0.491 e. The van der Waals surface area contributed by atoms with Gasteiger partial charge in [0.1, 0.15) is 12.4 Å². The molecule has 2 aromatic carbocycles. The molecule has 2 fully saturated rings. The minimum atomic E-state index is 0.105. The van der Waals surface area contributed by atoms with Crippen molar-refractivity contribution in [3.63, 3.8) is 0 Å². The summed E-state index contributed by atoms with van der Waals surface area (Å²) in [4.78, 5) is 17.7. The summed E-state index contributed by atoms with van der Waals surface area (Å²) < 4.78 is 11.0. The number of rotatable bonds is 6. The van der Waals surface area contributed by atoms with Crippen molar-refractivity contribution in [2.75, 3.05) is 40.0 Å². The van der Waals surface area contributed by atoms with E-state index < -0.39 is 0 Å². The lowest BCUT2D eigenvalue weighted by Gasteiger charge is -2.48. The Hall–Kier alpha value is -2.08. The molecule has 2 heterocycles. The first-order valence-electron chi connectivity index (χ1n) is 11.5. The number of carbonyl (C=O) groups is 1. The highest BCUT2D eigenvalue weighted by molar-refractivity contribution is 6.30. The van der Waals surface area contributed by atoms with E-state index in [9.17, 15) is 4.79 Å². The van der Waals surface area contributed by atoms with Crippen LogP contribution in [0.5, 0.6) is 5.75 Å². The van der Waals surface area contributed by atoms with Crippen LogP contribution in [0.2, 0.25) is 5.02 Å². The van der Waals surface area contributed by atoms with Gasteiger partial charge in [0.2, 0.25) is 0 Å². The highest BCUT2D eigenvalue weighted by Gasteiger charge is 2.37. The van der Waals surface area contributed by atoms with E-state index >= 15 is 0 Å². The largest absolute Gasteiger partial charge is 0.491 e. The summed E-state index contributed by atoms with van der Waals surface area (Å²) in [5, 5.41) is 0.655. The van der Waals surface area contributed by atoms with E-state index in [1.54, 1.807) is 19.2 Å². The van der Waals surface area contributed by atoms with E-state index in [4.69, 9.17) is 21.1 Å². The summed E-state index contributed by atoms with van der Waals surface area (Å²) in [7, 11) is 1.69. The normalized spacial score (nSPS) is 21.3. The van der Waals surface area contributed by atoms with Crippen molar-refractivity contribution in [2.45, 2.75) is 45.2 Å². The van der Waals surface area contributed by atoms with Gasteiger partial charge < -0.3 is 14.4 Å². The van der Waals surface area contributed by atoms with Crippen LogP contribution in [-0.2, 0) is 4.74 Å². The molecular weight excluding hydrogens is 424 g/mol. The summed E-state index contributed by atoms with van der Waals surface area (Å²) >= 11 is 5.99. The van der Waals surface area contributed by atoms with Crippen LogP contribution in [0, 0.1) is 13.8 Å². The second kappa shape index (κ2) is 10.2. The zero-order valence-electron chi connectivity index (χ0n) is 19.3. The molecule has 1 amide bonds. The summed E-state index contributed by atoms with van der Waals surface area (Å²) in [5.74, 6) is 1.04. The van der Waals surface area contributed by atoms with E-state index in [1.807, 2.05) is 17.0 Å². The fourth-order valence-electron chi connectivity index (χ4n) is 5.11. The number of hydrogen-bond acceptors (Lipinski definition) is 4. The Morgan fingerprint density at radius 2 is 1.81 bits per heavy atom. The topological polar surface area (TPSA) is 42.0 Å². The van der Waals surface area contributed by atoms with Crippen LogP contribution in [0.15, 0.2) is 36.4 Å². The van der Waals surface area contributed by atoms with Crippen LogP contribution in [0.3, 0.4) is 0 Å². The monoisotopic (exact) mass is 456 g/mol. The van der Waals surface area contributed by atoms with Crippen LogP contribution in [0.4, 0.5) is 0 Å². The molecule has 0 spiro atoms. The van der Waals surface area contributed by atoms with Crippen LogP contribution < -0.4 is 4.74 Å². The molecule has 0 aliphatic carbocycles. The van der Waals surface area contributed by atoms with Crippen LogP contribution in [0.25, 0.3) is 0 Å². The van der Waals surface area contributed by atoms with Gasteiger partial charge in [-0.25, -0.2) is 0 Å². The number of halogens is 1. The first kappa shape index (κ1) is 23.1. The minimum absolute atomic E-state index is 0.105. The Balaban J connectivity index is 1.47. The number of carbonyl (C=O) groups excluding carboxylic acids is 1. The van der Waals surface area contributed by atoms with Crippen molar-refractivity contribution < 1.29 is 14.3 Å². The second-order valence-corrected chi connectivity index (χ2v) is 9.28. The van der Waals surface area contributed by atoms with E-state index in [0.29, 0.717) is 35.9 Å². The molecule has 0 N–H and O–H groups in total. The molecule has 0 aromatic heterocycles. The van der Waals surface area contributed by atoms with Gasteiger partial charge in [-0.15, -0.1) is 0 Å². The molecule has 6 heteroatoms. The fourth-order valence-corrected chi connectivity index (χ4v) is 5.24. The maximum absolute atomic E-state index is 13.0. The molecule has 1 unspecified atom stereocenters. The highest BCUT2D eigenvalue weighted by Crippen LogP contribution is 2.39. The molecule has 0 radical (unpaired) electrons. The van der Waals surface area contributed by atoms with Gasteiger partial charge in [-0.1, -0.05) is 17.7 Å². The lowest BCUT2D eigenvalue weighted by Crippen LogP contribution is -2.57. The van der Waals surface area contributed by atoms with Gasteiger partial charge in [-0.2, -0.15) is 0 Å². The third kappa shape index (κ3) is 4.80. The van der Waals surface area contributed by atoms with Crippen molar-refractivity contribution in [3.8, 4) is 5.75 Å². The van der Waals surface area contributed by atoms with Gasteiger partial charge in [-0.3, -0.25) is 9.69 Å². The Bertz CT molecular complexity index is 947. The van der Waals surface area contributed by atoms with Crippen LogP contribution in [0.1, 0.15) is 52.4 Å². The molecule has 2 atom stereocenters. The lowest BCUT2D eigenvalue weighted by molar-refractivity contribution is 0.0101.